The van der Waals surface area contributed by atoms with Crippen molar-refractivity contribution < 1.29 is 4.74 Å². The predicted molar refractivity (Wildman–Crippen MR) is 67.6 cm³/mol. The highest BCUT2D eigenvalue weighted by Crippen LogP contribution is 2.11. The number of nitrogens with one attached hydrogen (secondary N) is 1. The first-order chi connectivity index (χ1) is 7.80. The lowest BCUT2D eigenvalue weighted by atomic mass is 10.1. The molecule has 0 aromatic carbocycles. The van der Waals surface area contributed by atoms with Crippen molar-refractivity contribution in [2.45, 2.75) is 20.3 Å². The van der Waals surface area contributed by atoms with E-state index in [1.54, 1.807) is 7.11 Å². The standard InChI is InChI=1S/C13H20N2O/c1-4-11(10-14-5-2)9-12-7-6-8-13(15-12)16-3/h6-9,14H,4-5,10H2,1-3H3/b11-9+. The summed E-state index contributed by atoms with van der Waals surface area (Å²) >= 11 is 0. The number of rotatable bonds is 6. The Kier molecular flexibility index (Phi) is 5.57. The fourth-order valence-corrected chi connectivity index (χ4v) is 1.40. The summed E-state index contributed by atoms with van der Waals surface area (Å²) in [6.45, 7) is 6.18. The highest BCUT2D eigenvalue weighted by atomic mass is 16.5. The Labute approximate surface area is 97.5 Å². The summed E-state index contributed by atoms with van der Waals surface area (Å²) in [4.78, 5) is 4.36. The number of likely N-dealkylation sites (N-methyl/N-ethyl adjacent to an activating group) is 1. The zero-order valence-corrected chi connectivity index (χ0v) is 10.3. The third-order valence-corrected chi connectivity index (χ3v) is 2.36. The third-order valence-electron chi connectivity index (χ3n) is 2.36. The van der Waals surface area contributed by atoms with Gasteiger partial charge in [-0.3, -0.25) is 0 Å². The smallest absolute Gasteiger partial charge is 0.213 e. The van der Waals surface area contributed by atoms with Crippen molar-refractivity contribution in [3.8, 4) is 5.88 Å². The maximum atomic E-state index is 5.10. The summed E-state index contributed by atoms with van der Waals surface area (Å²) in [5.74, 6) is 0.660. The average Bonchev–Trinajstić information content (AvgIpc) is 2.34. The molecule has 0 spiro atoms. The van der Waals surface area contributed by atoms with Crippen molar-refractivity contribution in [3.05, 3.63) is 29.5 Å². The van der Waals surface area contributed by atoms with Crippen molar-refractivity contribution in [2.24, 2.45) is 0 Å². The Hall–Kier alpha value is -1.35. The van der Waals surface area contributed by atoms with E-state index < -0.39 is 0 Å². The van der Waals surface area contributed by atoms with Crippen LogP contribution in [-0.4, -0.2) is 25.2 Å². The van der Waals surface area contributed by atoms with Crippen molar-refractivity contribution >= 4 is 6.08 Å². The van der Waals surface area contributed by atoms with Gasteiger partial charge in [-0.05, 0) is 25.1 Å². The van der Waals surface area contributed by atoms with Crippen LogP contribution in [-0.2, 0) is 0 Å². The summed E-state index contributed by atoms with van der Waals surface area (Å²) in [6.07, 6.45) is 3.15. The molecule has 0 atom stereocenters. The molecule has 0 fully saturated rings. The fraction of sp³-hybridized carbons (Fsp3) is 0.462. The molecule has 1 heterocycles. The molecule has 16 heavy (non-hydrogen) atoms. The molecule has 0 aliphatic heterocycles. The second-order valence-corrected chi connectivity index (χ2v) is 3.54. The van der Waals surface area contributed by atoms with E-state index in [4.69, 9.17) is 4.74 Å². The van der Waals surface area contributed by atoms with Crippen LogP contribution in [0, 0.1) is 0 Å². The largest absolute Gasteiger partial charge is 0.481 e. The van der Waals surface area contributed by atoms with Crippen molar-refractivity contribution in [3.63, 3.8) is 0 Å². The number of aromatic nitrogens is 1. The Bertz CT molecular complexity index is 348. The second kappa shape index (κ2) is 7.01. The van der Waals surface area contributed by atoms with Gasteiger partial charge in [-0.1, -0.05) is 25.5 Å². The average molecular weight is 220 g/mol. The van der Waals surface area contributed by atoms with Gasteiger partial charge in [0.25, 0.3) is 0 Å². The van der Waals surface area contributed by atoms with E-state index in [0.717, 1.165) is 25.2 Å². The van der Waals surface area contributed by atoms with Crippen LogP contribution >= 0.6 is 0 Å². The molecule has 3 nitrogen and oxygen atoms in total. The number of hydrogen-bond acceptors (Lipinski definition) is 3. The molecule has 3 heteroatoms. The Morgan fingerprint density at radius 2 is 2.25 bits per heavy atom. The monoisotopic (exact) mass is 220 g/mol. The molecule has 1 rings (SSSR count). The second-order valence-electron chi connectivity index (χ2n) is 3.54. The lowest BCUT2D eigenvalue weighted by molar-refractivity contribution is 0.397. The first-order valence-corrected chi connectivity index (χ1v) is 5.71. The number of ether oxygens (including phenoxy) is 1. The Morgan fingerprint density at radius 1 is 1.44 bits per heavy atom. The van der Waals surface area contributed by atoms with Crippen molar-refractivity contribution in [1.29, 1.82) is 0 Å². The highest BCUT2D eigenvalue weighted by molar-refractivity contribution is 5.49. The van der Waals surface area contributed by atoms with Crippen LogP contribution in [0.15, 0.2) is 23.8 Å². The number of methoxy groups -OCH3 is 1. The zero-order chi connectivity index (χ0) is 11.8. The van der Waals surface area contributed by atoms with Crippen LogP contribution < -0.4 is 10.1 Å². The van der Waals surface area contributed by atoms with Gasteiger partial charge in [0.1, 0.15) is 0 Å². The summed E-state index contributed by atoms with van der Waals surface area (Å²) < 4.78 is 5.10. The maximum absolute atomic E-state index is 5.10. The first kappa shape index (κ1) is 12.7. The molecule has 1 N–H and O–H groups in total. The minimum absolute atomic E-state index is 0.660. The van der Waals surface area contributed by atoms with Crippen molar-refractivity contribution in [2.75, 3.05) is 20.2 Å². The molecule has 88 valence electrons. The molecule has 1 aromatic rings. The van der Waals surface area contributed by atoms with Gasteiger partial charge >= 0.3 is 0 Å². The summed E-state index contributed by atoms with van der Waals surface area (Å²) in [6, 6.07) is 5.80. The molecule has 0 aliphatic carbocycles. The van der Waals surface area contributed by atoms with Crippen LogP contribution in [0.2, 0.25) is 0 Å². The topological polar surface area (TPSA) is 34.1 Å². The van der Waals surface area contributed by atoms with Crippen LogP contribution in [0.25, 0.3) is 6.08 Å². The van der Waals surface area contributed by atoms with E-state index in [1.807, 2.05) is 18.2 Å². The van der Waals surface area contributed by atoms with E-state index in [9.17, 15) is 0 Å². The molecule has 0 unspecified atom stereocenters. The molecule has 0 amide bonds. The lowest BCUT2D eigenvalue weighted by Gasteiger charge is -2.05. The van der Waals surface area contributed by atoms with E-state index in [2.05, 4.69) is 30.2 Å². The van der Waals surface area contributed by atoms with E-state index in [0.29, 0.717) is 5.88 Å². The van der Waals surface area contributed by atoms with Gasteiger partial charge in [-0.25, -0.2) is 4.98 Å². The molecule has 0 bridgehead atoms. The zero-order valence-electron chi connectivity index (χ0n) is 10.3. The number of hydrogen-bond donors (Lipinski definition) is 1. The van der Waals surface area contributed by atoms with E-state index in [-0.39, 0.29) is 0 Å². The van der Waals surface area contributed by atoms with Crippen molar-refractivity contribution in [1.82, 2.24) is 10.3 Å². The van der Waals surface area contributed by atoms with Crippen LogP contribution in [0.1, 0.15) is 26.0 Å². The number of pyridine rings is 1. The van der Waals surface area contributed by atoms with Gasteiger partial charge in [-0.15, -0.1) is 0 Å². The molecular formula is C13H20N2O. The Morgan fingerprint density at radius 3 is 2.88 bits per heavy atom. The SMILES string of the molecule is CCNC/C(=C/c1cccc(OC)n1)CC. The molecule has 0 saturated carbocycles. The Balaban J connectivity index is 2.77. The molecule has 0 radical (unpaired) electrons. The molecular weight excluding hydrogens is 200 g/mol. The van der Waals surface area contributed by atoms with Crippen LogP contribution in [0.5, 0.6) is 5.88 Å². The van der Waals surface area contributed by atoms with Crippen LogP contribution in [0.3, 0.4) is 0 Å². The lowest BCUT2D eigenvalue weighted by Crippen LogP contribution is -2.15. The van der Waals surface area contributed by atoms with Gasteiger partial charge in [0.2, 0.25) is 5.88 Å². The highest BCUT2D eigenvalue weighted by Gasteiger charge is 1.97. The summed E-state index contributed by atoms with van der Waals surface area (Å²) in [5.41, 5.74) is 2.30. The normalized spacial score (nSPS) is 11.6. The summed E-state index contributed by atoms with van der Waals surface area (Å²) in [5, 5.41) is 3.32. The molecule has 0 aliphatic rings. The minimum atomic E-state index is 0.660. The predicted octanol–water partition coefficient (Wildman–Crippen LogP) is 2.49. The fourth-order valence-electron chi connectivity index (χ4n) is 1.40. The van der Waals surface area contributed by atoms with Gasteiger partial charge in [0.05, 0.1) is 12.8 Å². The molecule has 1 aromatic heterocycles. The van der Waals surface area contributed by atoms with Gasteiger partial charge < -0.3 is 10.1 Å². The molecule has 0 saturated heterocycles. The minimum Gasteiger partial charge on any atom is -0.481 e. The summed E-state index contributed by atoms with van der Waals surface area (Å²) in [7, 11) is 1.63. The van der Waals surface area contributed by atoms with Gasteiger partial charge in [-0.2, -0.15) is 0 Å². The van der Waals surface area contributed by atoms with E-state index >= 15 is 0 Å². The van der Waals surface area contributed by atoms with E-state index in [1.165, 1.54) is 5.57 Å². The van der Waals surface area contributed by atoms with Crippen LogP contribution in [0.4, 0.5) is 0 Å². The third kappa shape index (κ3) is 4.03. The number of nitrogens with zero attached hydrogens (tertiary/aromatic N) is 1. The van der Waals surface area contributed by atoms with Gasteiger partial charge in [0.15, 0.2) is 0 Å². The quantitative estimate of drug-likeness (QED) is 0.799. The van der Waals surface area contributed by atoms with Gasteiger partial charge in [0, 0.05) is 12.6 Å². The first-order valence-electron chi connectivity index (χ1n) is 5.71. The maximum Gasteiger partial charge on any atom is 0.213 e.